The normalized spacial score (nSPS) is 27.1. The first-order chi connectivity index (χ1) is 8.22. The van der Waals surface area contributed by atoms with Gasteiger partial charge in [0.2, 0.25) is 0 Å². The standard InChI is InChI=1S/C12H20N4S/c1-3-12(2)4-9-17-11(15-12)14-6-8-16-7-5-13-10-16/h5,7,10H,3-4,6,8-9H2,1-2H3,(H,14,15). The molecular formula is C12H20N4S. The molecule has 5 heteroatoms. The predicted molar refractivity (Wildman–Crippen MR) is 73.4 cm³/mol. The summed E-state index contributed by atoms with van der Waals surface area (Å²) < 4.78 is 2.05. The highest BCUT2D eigenvalue weighted by Crippen LogP contribution is 2.24. The van der Waals surface area contributed by atoms with Crippen LogP contribution in [-0.2, 0) is 6.54 Å². The van der Waals surface area contributed by atoms with Crippen molar-refractivity contribution in [3.8, 4) is 0 Å². The minimum atomic E-state index is 0.235. The van der Waals surface area contributed by atoms with E-state index >= 15 is 0 Å². The Kier molecular flexibility index (Phi) is 4.10. The summed E-state index contributed by atoms with van der Waals surface area (Å²) >= 11 is 1.83. The first-order valence-corrected chi connectivity index (χ1v) is 7.11. The number of aliphatic imine (C=N–C) groups is 1. The van der Waals surface area contributed by atoms with Crippen LogP contribution in [0, 0.1) is 0 Å². The zero-order valence-corrected chi connectivity index (χ0v) is 11.3. The molecule has 0 radical (unpaired) electrons. The molecule has 0 aliphatic carbocycles. The number of nitrogens with one attached hydrogen (secondary N) is 1. The largest absolute Gasteiger partial charge is 0.360 e. The third-order valence-corrected chi connectivity index (χ3v) is 4.17. The molecule has 0 saturated carbocycles. The number of amidine groups is 1. The van der Waals surface area contributed by atoms with Gasteiger partial charge in [0.25, 0.3) is 0 Å². The third-order valence-electron chi connectivity index (χ3n) is 3.25. The van der Waals surface area contributed by atoms with Crippen LogP contribution in [0.1, 0.15) is 26.7 Å². The number of thioether (sulfide) groups is 1. The van der Waals surface area contributed by atoms with E-state index in [-0.39, 0.29) is 5.54 Å². The van der Waals surface area contributed by atoms with E-state index in [4.69, 9.17) is 0 Å². The second-order valence-corrected chi connectivity index (χ2v) is 5.71. The Hall–Kier alpha value is -0.970. The zero-order chi connectivity index (χ0) is 12.1. The van der Waals surface area contributed by atoms with Gasteiger partial charge in [-0.3, -0.25) is 4.99 Å². The molecule has 1 aliphatic rings. The second kappa shape index (κ2) is 5.58. The van der Waals surface area contributed by atoms with E-state index in [9.17, 15) is 0 Å². The molecule has 1 N–H and O–H groups in total. The van der Waals surface area contributed by atoms with Crippen LogP contribution < -0.4 is 5.32 Å². The molecule has 1 aromatic heterocycles. The molecule has 1 unspecified atom stereocenters. The van der Waals surface area contributed by atoms with Crippen LogP contribution in [0.15, 0.2) is 23.7 Å². The van der Waals surface area contributed by atoms with Crippen molar-refractivity contribution in [3.63, 3.8) is 0 Å². The Morgan fingerprint density at radius 3 is 3.24 bits per heavy atom. The molecule has 0 amide bonds. The van der Waals surface area contributed by atoms with Crippen molar-refractivity contribution in [2.45, 2.75) is 38.8 Å². The van der Waals surface area contributed by atoms with Crippen molar-refractivity contribution in [1.82, 2.24) is 14.9 Å². The molecule has 0 bridgehead atoms. The summed E-state index contributed by atoms with van der Waals surface area (Å²) in [7, 11) is 0. The lowest BCUT2D eigenvalue weighted by Gasteiger charge is -2.35. The Morgan fingerprint density at radius 1 is 1.65 bits per heavy atom. The van der Waals surface area contributed by atoms with Gasteiger partial charge in [0, 0.05) is 30.2 Å². The van der Waals surface area contributed by atoms with Crippen LogP contribution in [0.5, 0.6) is 0 Å². The number of aromatic nitrogens is 2. The topological polar surface area (TPSA) is 42.2 Å². The van der Waals surface area contributed by atoms with Gasteiger partial charge in [-0.2, -0.15) is 0 Å². The number of nitrogens with zero attached hydrogens (tertiary/aromatic N) is 3. The lowest BCUT2D eigenvalue weighted by molar-refractivity contribution is 0.390. The summed E-state index contributed by atoms with van der Waals surface area (Å²) in [5, 5.41) is 4.65. The van der Waals surface area contributed by atoms with Crippen molar-refractivity contribution in [2.75, 3.05) is 12.3 Å². The van der Waals surface area contributed by atoms with E-state index in [0.29, 0.717) is 0 Å². The molecule has 2 rings (SSSR count). The van der Waals surface area contributed by atoms with E-state index in [1.165, 1.54) is 12.2 Å². The van der Waals surface area contributed by atoms with E-state index in [1.54, 1.807) is 6.20 Å². The molecule has 17 heavy (non-hydrogen) atoms. The summed E-state index contributed by atoms with van der Waals surface area (Å²) in [6, 6.07) is 0. The lowest BCUT2D eigenvalue weighted by Crippen LogP contribution is -2.48. The van der Waals surface area contributed by atoms with Gasteiger partial charge in [0.15, 0.2) is 5.17 Å². The van der Waals surface area contributed by atoms with Gasteiger partial charge in [0.1, 0.15) is 0 Å². The van der Waals surface area contributed by atoms with Gasteiger partial charge >= 0.3 is 0 Å². The summed E-state index contributed by atoms with van der Waals surface area (Å²) in [6.07, 6.45) is 7.97. The molecular weight excluding hydrogens is 232 g/mol. The van der Waals surface area contributed by atoms with E-state index in [1.807, 2.05) is 24.3 Å². The highest BCUT2D eigenvalue weighted by molar-refractivity contribution is 8.13. The number of hydrogen-bond donors (Lipinski definition) is 1. The summed E-state index contributed by atoms with van der Waals surface area (Å²) in [5.74, 6) is 1.17. The third kappa shape index (κ3) is 3.49. The molecule has 1 atom stereocenters. The van der Waals surface area contributed by atoms with Gasteiger partial charge in [-0.25, -0.2) is 4.98 Å². The first kappa shape index (κ1) is 12.5. The average Bonchev–Trinajstić information content (AvgIpc) is 2.82. The molecule has 1 saturated heterocycles. The lowest BCUT2D eigenvalue weighted by atomic mass is 9.96. The number of imidazole rings is 1. The maximum Gasteiger partial charge on any atom is 0.157 e. The predicted octanol–water partition coefficient (Wildman–Crippen LogP) is 2.13. The Labute approximate surface area is 107 Å². The fourth-order valence-corrected chi connectivity index (χ4v) is 3.01. The maximum absolute atomic E-state index is 4.62. The summed E-state index contributed by atoms with van der Waals surface area (Å²) in [4.78, 5) is 8.64. The van der Waals surface area contributed by atoms with Crippen LogP contribution in [-0.4, -0.2) is 32.6 Å². The SMILES string of the molecule is CCC1(C)CCSC(=NCCn2ccnc2)N1. The van der Waals surface area contributed by atoms with E-state index < -0.39 is 0 Å². The fraction of sp³-hybridized carbons (Fsp3) is 0.667. The molecule has 94 valence electrons. The highest BCUT2D eigenvalue weighted by atomic mass is 32.2. The van der Waals surface area contributed by atoms with Crippen molar-refractivity contribution in [2.24, 2.45) is 4.99 Å². The molecule has 4 nitrogen and oxygen atoms in total. The smallest absolute Gasteiger partial charge is 0.157 e. The van der Waals surface area contributed by atoms with Crippen molar-refractivity contribution < 1.29 is 0 Å². The Bertz CT molecular complexity index is 374. The van der Waals surface area contributed by atoms with Crippen molar-refractivity contribution in [1.29, 1.82) is 0 Å². The van der Waals surface area contributed by atoms with E-state index in [0.717, 1.165) is 24.7 Å². The molecule has 1 fully saturated rings. The Morgan fingerprint density at radius 2 is 2.53 bits per heavy atom. The Balaban J connectivity index is 1.85. The number of rotatable bonds is 4. The molecule has 2 heterocycles. The quantitative estimate of drug-likeness (QED) is 0.892. The number of hydrogen-bond acceptors (Lipinski definition) is 3. The molecule has 0 aromatic carbocycles. The molecule has 1 aromatic rings. The van der Waals surface area contributed by atoms with Crippen LogP contribution in [0.25, 0.3) is 0 Å². The monoisotopic (exact) mass is 252 g/mol. The van der Waals surface area contributed by atoms with Gasteiger partial charge in [0.05, 0.1) is 12.9 Å². The minimum Gasteiger partial charge on any atom is -0.360 e. The first-order valence-electron chi connectivity index (χ1n) is 6.13. The van der Waals surface area contributed by atoms with Gasteiger partial charge in [-0.15, -0.1) is 0 Å². The van der Waals surface area contributed by atoms with Crippen molar-refractivity contribution in [3.05, 3.63) is 18.7 Å². The molecule has 1 aliphatic heterocycles. The zero-order valence-electron chi connectivity index (χ0n) is 10.5. The van der Waals surface area contributed by atoms with E-state index in [2.05, 4.69) is 33.7 Å². The minimum absolute atomic E-state index is 0.235. The molecule has 0 spiro atoms. The van der Waals surface area contributed by atoms with Crippen LogP contribution >= 0.6 is 11.8 Å². The average molecular weight is 252 g/mol. The van der Waals surface area contributed by atoms with Gasteiger partial charge in [-0.1, -0.05) is 18.7 Å². The van der Waals surface area contributed by atoms with Crippen molar-refractivity contribution >= 4 is 16.9 Å². The van der Waals surface area contributed by atoms with Gasteiger partial charge in [-0.05, 0) is 19.8 Å². The second-order valence-electron chi connectivity index (χ2n) is 4.63. The fourth-order valence-electron chi connectivity index (χ4n) is 1.77. The van der Waals surface area contributed by atoms with Gasteiger partial charge < -0.3 is 9.88 Å². The summed E-state index contributed by atoms with van der Waals surface area (Å²) in [6.45, 7) is 6.21. The van der Waals surface area contributed by atoms with Crippen LogP contribution in [0.3, 0.4) is 0 Å². The van der Waals surface area contributed by atoms with Crippen LogP contribution in [0.2, 0.25) is 0 Å². The highest BCUT2D eigenvalue weighted by Gasteiger charge is 2.27. The van der Waals surface area contributed by atoms with Crippen LogP contribution in [0.4, 0.5) is 0 Å². The summed E-state index contributed by atoms with van der Waals surface area (Å²) in [5.41, 5.74) is 0.235. The maximum atomic E-state index is 4.62.